The summed E-state index contributed by atoms with van der Waals surface area (Å²) in [6.45, 7) is 7.36. The van der Waals surface area contributed by atoms with Crippen LogP contribution in [0.2, 0.25) is 0 Å². The molecular formula is C18H28N2O. The number of carbonyl (C=O) groups is 1. The molecule has 21 heavy (non-hydrogen) atoms. The fourth-order valence-corrected chi connectivity index (χ4v) is 2.98. The van der Waals surface area contributed by atoms with E-state index in [1.54, 1.807) is 0 Å². The van der Waals surface area contributed by atoms with Crippen molar-refractivity contribution in [2.24, 2.45) is 5.92 Å². The Morgan fingerprint density at radius 2 is 1.90 bits per heavy atom. The molecule has 0 aliphatic carbocycles. The van der Waals surface area contributed by atoms with Gasteiger partial charge in [0, 0.05) is 19.0 Å². The van der Waals surface area contributed by atoms with Gasteiger partial charge in [0.25, 0.3) is 0 Å². The highest BCUT2D eigenvalue weighted by Gasteiger charge is 2.22. The maximum absolute atomic E-state index is 12.5. The molecule has 116 valence electrons. The van der Waals surface area contributed by atoms with Crippen molar-refractivity contribution in [3.05, 3.63) is 35.9 Å². The number of aryl methyl sites for hydroxylation is 1. The lowest BCUT2D eigenvalue weighted by Crippen LogP contribution is -2.43. The summed E-state index contributed by atoms with van der Waals surface area (Å²) in [4.78, 5) is 14.6. The van der Waals surface area contributed by atoms with Gasteiger partial charge in [-0.25, -0.2) is 0 Å². The molecule has 1 aliphatic rings. The molecule has 1 aromatic rings. The van der Waals surface area contributed by atoms with E-state index in [1.807, 2.05) is 18.2 Å². The number of nitrogens with zero attached hydrogens (tertiary/aromatic N) is 1. The monoisotopic (exact) mass is 288 g/mol. The predicted molar refractivity (Wildman–Crippen MR) is 87.2 cm³/mol. The van der Waals surface area contributed by atoms with Crippen LogP contribution in [0.4, 0.5) is 0 Å². The first kappa shape index (κ1) is 16.0. The van der Waals surface area contributed by atoms with Crippen LogP contribution < -0.4 is 5.32 Å². The first-order valence-corrected chi connectivity index (χ1v) is 8.21. The van der Waals surface area contributed by atoms with Gasteiger partial charge in [0.2, 0.25) is 5.91 Å². The summed E-state index contributed by atoms with van der Waals surface area (Å²) in [5, 5.41) is 3.39. The average Bonchev–Trinajstić information content (AvgIpc) is 2.52. The maximum Gasteiger partial charge on any atom is 0.223 e. The Labute approximate surface area is 128 Å². The summed E-state index contributed by atoms with van der Waals surface area (Å²) in [5.74, 6) is 0.960. The summed E-state index contributed by atoms with van der Waals surface area (Å²) in [7, 11) is 0. The highest BCUT2D eigenvalue weighted by atomic mass is 16.2. The zero-order chi connectivity index (χ0) is 15.1. The lowest BCUT2D eigenvalue weighted by atomic mass is 9.96. The third-order valence-electron chi connectivity index (χ3n) is 4.33. The molecule has 0 unspecified atom stereocenters. The van der Waals surface area contributed by atoms with Crippen molar-refractivity contribution in [3.63, 3.8) is 0 Å². The lowest BCUT2D eigenvalue weighted by Gasteiger charge is -2.33. The quantitative estimate of drug-likeness (QED) is 0.873. The highest BCUT2D eigenvalue weighted by Crippen LogP contribution is 2.16. The third kappa shape index (κ3) is 5.16. The molecule has 3 nitrogen and oxygen atoms in total. The predicted octanol–water partition coefficient (Wildman–Crippen LogP) is 2.86. The molecule has 0 saturated carbocycles. The van der Waals surface area contributed by atoms with Crippen molar-refractivity contribution in [1.29, 1.82) is 0 Å². The minimum absolute atomic E-state index is 0.295. The van der Waals surface area contributed by atoms with Crippen molar-refractivity contribution in [2.75, 3.05) is 19.6 Å². The van der Waals surface area contributed by atoms with Crippen LogP contribution in [0.1, 0.15) is 38.7 Å². The Kier molecular flexibility index (Phi) is 6.24. The van der Waals surface area contributed by atoms with Crippen molar-refractivity contribution < 1.29 is 4.79 Å². The minimum atomic E-state index is 0.295. The van der Waals surface area contributed by atoms with Crippen molar-refractivity contribution in [2.45, 2.75) is 45.6 Å². The first-order chi connectivity index (χ1) is 10.2. The SMILES string of the molecule is CC(C)N(CC1CCNCC1)C(=O)CCc1ccccc1. The second-order valence-corrected chi connectivity index (χ2v) is 6.32. The first-order valence-electron chi connectivity index (χ1n) is 8.21. The van der Waals surface area contributed by atoms with E-state index in [-0.39, 0.29) is 0 Å². The minimum Gasteiger partial charge on any atom is -0.340 e. The molecular weight excluding hydrogens is 260 g/mol. The smallest absolute Gasteiger partial charge is 0.223 e. The Hall–Kier alpha value is -1.35. The van der Waals surface area contributed by atoms with Crippen molar-refractivity contribution in [1.82, 2.24) is 10.2 Å². The molecule has 3 heteroatoms. The standard InChI is InChI=1S/C18H28N2O/c1-15(2)20(14-17-10-12-19-13-11-17)18(21)9-8-16-6-4-3-5-7-16/h3-7,15,17,19H,8-14H2,1-2H3. The van der Waals surface area contributed by atoms with Crippen molar-refractivity contribution in [3.8, 4) is 0 Å². The zero-order valence-electron chi connectivity index (χ0n) is 13.3. The summed E-state index contributed by atoms with van der Waals surface area (Å²) in [6, 6.07) is 10.6. The molecule has 0 bridgehead atoms. The van der Waals surface area contributed by atoms with E-state index in [9.17, 15) is 4.79 Å². The van der Waals surface area contributed by atoms with Gasteiger partial charge in [-0.1, -0.05) is 30.3 Å². The van der Waals surface area contributed by atoms with E-state index >= 15 is 0 Å². The Morgan fingerprint density at radius 3 is 2.52 bits per heavy atom. The van der Waals surface area contributed by atoms with Crippen molar-refractivity contribution >= 4 is 5.91 Å². The van der Waals surface area contributed by atoms with Gasteiger partial charge in [-0.15, -0.1) is 0 Å². The van der Waals surface area contributed by atoms with Gasteiger partial charge in [-0.3, -0.25) is 4.79 Å². The van der Waals surface area contributed by atoms with E-state index in [4.69, 9.17) is 0 Å². The van der Waals surface area contributed by atoms with Crippen LogP contribution in [-0.4, -0.2) is 36.5 Å². The number of rotatable bonds is 6. The number of carbonyl (C=O) groups excluding carboxylic acids is 1. The molecule has 0 aromatic heterocycles. The normalized spacial score (nSPS) is 16.1. The molecule has 1 aliphatic heterocycles. The molecule has 1 fully saturated rings. The summed E-state index contributed by atoms with van der Waals surface area (Å²) in [5.41, 5.74) is 1.25. The molecule has 0 spiro atoms. The van der Waals surface area contributed by atoms with Crippen LogP contribution in [0.3, 0.4) is 0 Å². The molecule has 1 aromatic carbocycles. The zero-order valence-corrected chi connectivity index (χ0v) is 13.3. The molecule has 1 N–H and O–H groups in total. The number of nitrogens with one attached hydrogen (secondary N) is 1. The average molecular weight is 288 g/mol. The highest BCUT2D eigenvalue weighted by molar-refractivity contribution is 5.76. The molecule has 1 heterocycles. The van der Waals surface area contributed by atoms with Gasteiger partial charge in [0.15, 0.2) is 0 Å². The largest absolute Gasteiger partial charge is 0.340 e. The van der Waals surface area contributed by atoms with E-state index in [2.05, 4.69) is 36.2 Å². The number of benzene rings is 1. The lowest BCUT2D eigenvalue weighted by molar-refractivity contribution is -0.133. The number of amides is 1. The molecule has 1 amide bonds. The molecule has 2 rings (SSSR count). The van der Waals surface area contributed by atoms with Gasteiger partial charge in [-0.05, 0) is 57.7 Å². The molecule has 0 atom stereocenters. The van der Waals surface area contributed by atoms with E-state index in [1.165, 1.54) is 18.4 Å². The Morgan fingerprint density at radius 1 is 1.24 bits per heavy atom. The van der Waals surface area contributed by atoms with Crippen LogP contribution in [0.5, 0.6) is 0 Å². The van der Waals surface area contributed by atoms with Crippen LogP contribution in [-0.2, 0) is 11.2 Å². The van der Waals surface area contributed by atoms with Crippen LogP contribution in [0.25, 0.3) is 0 Å². The number of hydrogen-bond donors (Lipinski definition) is 1. The molecule has 0 radical (unpaired) electrons. The van der Waals surface area contributed by atoms with Gasteiger partial charge in [-0.2, -0.15) is 0 Å². The number of hydrogen-bond acceptors (Lipinski definition) is 2. The van der Waals surface area contributed by atoms with Gasteiger partial charge in [0.05, 0.1) is 0 Å². The third-order valence-corrected chi connectivity index (χ3v) is 4.33. The fraction of sp³-hybridized carbons (Fsp3) is 0.611. The van der Waals surface area contributed by atoms with Crippen LogP contribution >= 0.6 is 0 Å². The second kappa shape index (κ2) is 8.18. The summed E-state index contributed by atoms with van der Waals surface area (Å²) < 4.78 is 0. The van der Waals surface area contributed by atoms with Gasteiger partial charge < -0.3 is 10.2 Å². The molecule has 1 saturated heterocycles. The van der Waals surface area contributed by atoms with Gasteiger partial charge >= 0.3 is 0 Å². The van der Waals surface area contributed by atoms with E-state index < -0.39 is 0 Å². The fourth-order valence-electron chi connectivity index (χ4n) is 2.98. The van der Waals surface area contributed by atoms with Gasteiger partial charge in [0.1, 0.15) is 0 Å². The second-order valence-electron chi connectivity index (χ2n) is 6.32. The van der Waals surface area contributed by atoms with E-state index in [0.29, 0.717) is 24.3 Å². The van der Waals surface area contributed by atoms with Crippen LogP contribution in [0.15, 0.2) is 30.3 Å². The van der Waals surface area contributed by atoms with E-state index in [0.717, 1.165) is 26.1 Å². The topological polar surface area (TPSA) is 32.3 Å². The van der Waals surface area contributed by atoms with Crippen LogP contribution in [0, 0.1) is 5.92 Å². The number of piperidine rings is 1. The Bertz CT molecular complexity index is 424. The Balaban J connectivity index is 1.86. The summed E-state index contributed by atoms with van der Waals surface area (Å²) in [6.07, 6.45) is 3.84. The summed E-state index contributed by atoms with van der Waals surface area (Å²) >= 11 is 0. The maximum atomic E-state index is 12.5.